The van der Waals surface area contributed by atoms with Crippen LogP contribution in [-0.2, 0) is 4.79 Å². The fraction of sp³-hybridized carbons (Fsp3) is 0.158. The van der Waals surface area contributed by atoms with Crippen molar-refractivity contribution in [3.05, 3.63) is 65.6 Å². The van der Waals surface area contributed by atoms with E-state index in [1.165, 1.54) is 6.08 Å². The molecule has 3 heterocycles. The molecule has 1 aliphatic heterocycles. The third-order valence-corrected chi connectivity index (χ3v) is 4.26. The second kappa shape index (κ2) is 7.09. The molecule has 7 heteroatoms. The Morgan fingerprint density at radius 1 is 1.27 bits per heavy atom. The third kappa shape index (κ3) is 3.36. The smallest absolute Gasteiger partial charge is 0.244 e. The number of nitrogens with one attached hydrogen (secondary N) is 1. The number of carbonyl (C=O) groups excluding carboxylic acids is 1. The first kappa shape index (κ1) is 16.5. The maximum atomic E-state index is 12.1. The summed E-state index contributed by atoms with van der Waals surface area (Å²) in [7, 11) is 0. The molecule has 0 fully saturated rings. The molecule has 4 rings (SSSR count). The lowest BCUT2D eigenvalue weighted by atomic mass is 10.2. The highest BCUT2D eigenvalue weighted by molar-refractivity contribution is 6.31. The van der Waals surface area contributed by atoms with E-state index in [9.17, 15) is 4.79 Å². The highest BCUT2D eigenvalue weighted by Gasteiger charge is 2.20. The first-order valence-corrected chi connectivity index (χ1v) is 8.55. The molecule has 0 saturated heterocycles. The van der Waals surface area contributed by atoms with Crippen molar-refractivity contribution in [1.82, 2.24) is 14.7 Å². The van der Waals surface area contributed by atoms with E-state index in [1.54, 1.807) is 6.08 Å². The number of halogens is 1. The molecular weight excluding hydrogens is 354 g/mol. The van der Waals surface area contributed by atoms with Crippen LogP contribution in [0.4, 0.5) is 0 Å². The summed E-state index contributed by atoms with van der Waals surface area (Å²) in [6, 6.07) is 13.1. The predicted octanol–water partition coefficient (Wildman–Crippen LogP) is 2.96. The number of fused-ring (bicyclic) bond motifs is 2. The molecule has 26 heavy (non-hydrogen) atoms. The van der Waals surface area contributed by atoms with E-state index in [-0.39, 0.29) is 12.0 Å². The van der Waals surface area contributed by atoms with Gasteiger partial charge in [-0.15, -0.1) is 0 Å². The molecule has 0 aliphatic carbocycles. The average molecular weight is 370 g/mol. The Hall–Kier alpha value is -2.99. The summed E-state index contributed by atoms with van der Waals surface area (Å²) in [5.74, 6) is 1.16. The largest absolute Gasteiger partial charge is 0.486 e. The van der Waals surface area contributed by atoms with Crippen molar-refractivity contribution >= 4 is 29.2 Å². The van der Waals surface area contributed by atoms with Crippen LogP contribution in [0.3, 0.4) is 0 Å². The topological polar surface area (TPSA) is 64.9 Å². The molecule has 1 N–H and O–H groups in total. The monoisotopic (exact) mass is 369 g/mol. The van der Waals surface area contributed by atoms with Crippen LogP contribution in [0.15, 0.2) is 54.7 Å². The Morgan fingerprint density at radius 3 is 2.96 bits per heavy atom. The number of nitrogens with zero attached hydrogens (tertiary/aromatic N) is 2. The van der Waals surface area contributed by atoms with Crippen molar-refractivity contribution in [1.29, 1.82) is 0 Å². The van der Waals surface area contributed by atoms with Crippen molar-refractivity contribution in [2.45, 2.75) is 6.10 Å². The Kier molecular flexibility index (Phi) is 4.50. The molecule has 0 spiro atoms. The summed E-state index contributed by atoms with van der Waals surface area (Å²) >= 11 is 6.15. The van der Waals surface area contributed by atoms with Crippen LogP contribution in [0, 0.1) is 0 Å². The van der Waals surface area contributed by atoms with Gasteiger partial charge in [-0.25, -0.2) is 4.98 Å². The standard InChI is InChI=1S/C19H16ClN3O3/c20-19-14(23-10-4-3-7-17(23)22-19)8-9-18(24)21-11-13-12-25-15-5-1-2-6-16(15)26-13/h1-10,13H,11-12H2,(H,21,24)/b9-8+. The molecule has 1 amide bonds. The Labute approximate surface area is 155 Å². The van der Waals surface area contributed by atoms with Crippen molar-refractivity contribution < 1.29 is 14.3 Å². The van der Waals surface area contributed by atoms with E-state index < -0.39 is 0 Å². The van der Waals surface area contributed by atoms with Gasteiger partial charge in [-0.05, 0) is 30.3 Å². The number of hydrogen-bond acceptors (Lipinski definition) is 4. The van der Waals surface area contributed by atoms with E-state index in [0.717, 1.165) is 11.4 Å². The van der Waals surface area contributed by atoms with Gasteiger partial charge in [-0.1, -0.05) is 29.8 Å². The van der Waals surface area contributed by atoms with Gasteiger partial charge in [0.25, 0.3) is 0 Å². The van der Waals surface area contributed by atoms with Crippen molar-refractivity contribution in [2.24, 2.45) is 0 Å². The minimum Gasteiger partial charge on any atom is -0.486 e. The lowest BCUT2D eigenvalue weighted by Gasteiger charge is -2.26. The highest BCUT2D eigenvalue weighted by Crippen LogP contribution is 2.30. The van der Waals surface area contributed by atoms with E-state index in [0.29, 0.717) is 29.7 Å². The quantitative estimate of drug-likeness (QED) is 0.718. The number of para-hydroxylation sites is 2. The Bertz CT molecular complexity index is 983. The molecule has 0 bridgehead atoms. The third-order valence-electron chi connectivity index (χ3n) is 3.99. The molecule has 0 radical (unpaired) electrons. The molecule has 6 nitrogen and oxygen atoms in total. The van der Waals surface area contributed by atoms with Gasteiger partial charge in [-0.3, -0.25) is 9.20 Å². The van der Waals surface area contributed by atoms with Crippen LogP contribution >= 0.6 is 11.6 Å². The van der Waals surface area contributed by atoms with Gasteiger partial charge < -0.3 is 14.8 Å². The SMILES string of the molecule is O=C(/C=C/c1c(Cl)nc2ccccn12)NCC1COc2ccccc2O1. The molecule has 1 aliphatic rings. The van der Waals surface area contributed by atoms with Crippen molar-refractivity contribution in [3.8, 4) is 11.5 Å². The van der Waals surface area contributed by atoms with Crippen LogP contribution in [0.1, 0.15) is 5.69 Å². The summed E-state index contributed by atoms with van der Waals surface area (Å²) in [5.41, 5.74) is 1.38. The van der Waals surface area contributed by atoms with Crippen molar-refractivity contribution in [3.63, 3.8) is 0 Å². The van der Waals surface area contributed by atoms with Gasteiger partial charge in [0, 0.05) is 12.3 Å². The number of benzene rings is 1. The fourth-order valence-electron chi connectivity index (χ4n) is 2.73. The number of carbonyl (C=O) groups is 1. The van der Waals surface area contributed by atoms with Crippen molar-refractivity contribution in [2.75, 3.05) is 13.2 Å². The Balaban J connectivity index is 1.37. The molecule has 1 unspecified atom stereocenters. The molecule has 3 aromatic rings. The summed E-state index contributed by atoms with van der Waals surface area (Å²) in [6.45, 7) is 0.735. The second-order valence-corrected chi connectivity index (χ2v) is 6.15. The predicted molar refractivity (Wildman–Crippen MR) is 98.6 cm³/mol. The normalized spacial score (nSPS) is 16.1. The summed E-state index contributed by atoms with van der Waals surface area (Å²) in [6.07, 6.45) is 4.68. The minimum absolute atomic E-state index is 0.235. The zero-order chi connectivity index (χ0) is 17.9. The number of imidazole rings is 1. The minimum atomic E-state index is -0.241. The van der Waals surface area contributed by atoms with Crippen LogP contribution in [-0.4, -0.2) is 34.5 Å². The molecule has 0 saturated carbocycles. The summed E-state index contributed by atoms with van der Waals surface area (Å²) in [5, 5.41) is 3.16. The van der Waals surface area contributed by atoms with E-state index >= 15 is 0 Å². The van der Waals surface area contributed by atoms with Gasteiger partial charge >= 0.3 is 0 Å². The van der Waals surface area contributed by atoms with Crippen LogP contribution in [0.25, 0.3) is 11.7 Å². The summed E-state index contributed by atoms with van der Waals surface area (Å²) < 4.78 is 13.3. The first-order valence-electron chi connectivity index (χ1n) is 8.18. The molecular formula is C19H16ClN3O3. The molecule has 1 atom stereocenters. The zero-order valence-electron chi connectivity index (χ0n) is 13.8. The number of hydrogen-bond donors (Lipinski definition) is 1. The zero-order valence-corrected chi connectivity index (χ0v) is 14.5. The molecule has 1 aromatic carbocycles. The van der Waals surface area contributed by atoms with Crippen LogP contribution in [0.2, 0.25) is 5.15 Å². The van der Waals surface area contributed by atoms with Gasteiger partial charge in [0.2, 0.25) is 5.91 Å². The highest BCUT2D eigenvalue weighted by atomic mass is 35.5. The maximum absolute atomic E-state index is 12.1. The number of pyridine rings is 1. The van der Waals surface area contributed by atoms with Crippen LogP contribution in [0.5, 0.6) is 11.5 Å². The van der Waals surface area contributed by atoms with Gasteiger partial charge in [0.1, 0.15) is 18.4 Å². The van der Waals surface area contributed by atoms with E-state index in [2.05, 4.69) is 10.3 Å². The van der Waals surface area contributed by atoms with Gasteiger partial charge in [0.15, 0.2) is 16.7 Å². The number of rotatable bonds is 4. The first-order chi connectivity index (χ1) is 12.7. The fourth-order valence-corrected chi connectivity index (χ4v) is 2.97. The lowest BCUT2D eigenvalue weighted by Crippen LogP contribution is -2.40. The number of ether oxygens (including phenoxy) is 2. The maximum Gasteiger partial charge on any atom is 0.244 e. The van der Waals surface area contributed by atoms with E-state index in [4.69, 9.17) is 21.1 Å². The number of aromatic nitrogens is 2. The number of amides is 1. The van der Waals surface area contributed by atoms with Gasteiger partial charge in [-0.2, -0.15) is 0 Å². The Morgan fingerprint density at radius 2 is 2.08 bits per heavy atom. The van der Waals surface area contributed by atoms with Crippen LogP contribution < -0.4 is 14.8 Å². The summed E-state index contributed by atoms with van der Waals surface area (Å²) in [4.78, 5) is 16.3. The molecule has 132 valence electrons. The molecule has 2 aromatic heterocycles. The lowest BCUT2D eigenvalue weighted by molar-refractivity contribution is -0.116. The van der Waals surface area contributed by atoms with E-state index in [1.807, 2.05) is 53.1 Å². The second-order valence-electron chi connectivity index (χ2n) is 5.79. The van der Waals surface area contributed by atoms with Gasteiger partial charge in [0.05, 0.1) is 12.2 Å². The average Bonchev–Trinajstić information content (AvgIpc) is 2.99.